The average Bonchev–Trinajstić information content (AvgIpc) is 2.90. The number of piperidine rings is 1. The largest absolute Gasteiger partial charge is 0.351 e. The fraction of sp³-hybridized carbons (Fsp3) is 0.433. The summed E-state index contributed by atoms with van der Waals surface area (Å²) in [4.78, 5) is 31.0. The quantitative estimate of drug-likeness (QED) is 0.381. The van der Waals surface area contributed by atoms with Gasteiger partial charge in [-0.25, -0.2) is 0 Å². The molecule has 37 heavy (non-hydrogen) atoms. The zero-order valence-electron chi connectivity index (χ0n) is 22.8. The van der Waals surface area contributed by atoms with Crippen LogP contribution in [0.25, 0.3) is 5.57 Å². The third kappa shape index (κ3) is 11.2. The Labute approximate surface area is 222 Å². The number of amides is 1. The van der Waals surface area contributed by atoms with E-state index in [0.29, 0.717) is 6.29 Å². The zero-order valence-corrected chi connectivity index (χ0v) is 22.8. The Hall–Kier alpha value is -3.13. The molecule has 2 aromatic carbocycles. The number of hydrogen-bond acceptors (Lipinski definition) is 6. The number of allylic oxidation sites excluding steroid dienone is 2. The van der Waals surface area contributed by atoms with Crippen LogP contribution in [0.15, 0.2) is 65.7 Å². The third-order valence-corrected chi connectivity index (χ3v) is 6.17. The van der Waals surface area contributed by atoms with Gasteiger partial charge in [0.25, 0.3) is 0 Å². The van der Waals surface area contributed by atoms with E-state index >= 15 is 0 Å². The van der Waals surface area contributed by atoms with Gasteiger partial charge in [0.05, 0.1) is 0 Å². The van der Waals surface area contributed by atoms with E-state index in [-0.39, 0.29) is 18.5 Å². The van der Waals surface area contributed by atoms with Crippen LogP contribution >= 0.6 is 0 Å². The number of carbonyl (C=O) groups is 2. The number of carbonyl (C=O) groups excluding carboxylic acids is 2. The van der Waals surface area contributed by atoms with Gasteiger partial charge in [-0.3, -0.25) is 14.7 Å². The molecule has 1 aliphatic rings. The normalized spacial score (nSPS) is 15.8. The number of likely N-dealkylation sites (tertiary alicyclic amines) is 1. The van der Waals surface area contributed by atoms with Crippen molar-refractivity contribution < 1.29 is 9.59 Å². The number of nitrogens with two attached hydrogens (primary N) is 1. The molecule has 1 saturated heterocycles. The molecule has 7 heteroatoms. The lowest BCUT2D eigenvalue weighted by Gasteiger charge is -2.32. The van der Waals surface area contributed by atoms with E-state index in [1.807, 2.05) is 26.1 Å². The van der Waals surface area contributed by atoms with Crippen LogP contribution < -0.4 is 11.1 Å². The first kappa shape index (κ1) is 30.1. The van der Waals surface area contributed by atoms with Gasteiger partial charge in [-0.15, -0.1) is 0 Å². The molecule has 0 saturated carbocycles. The van der Waals surface area contributed by atoms with Crippen LogP contribution in [-0.2, 0) is 22.7 Å². The fourth-order valence-corrected chi connectivity index (χ4v) is 4.19. The molecule has 1 aliphatic heterocycles. The average molecular weight is 506 g/mol. The maximum Gasteiger partial charge on any atom is 0.244 e. The van der Waals surface area contributed by atoms with Crippen LogP contribution in [0.5, 0.6) is 0 Å². The Bertz CT molecular complexity index is 1010. The highest BCUT2D eigenvalue weighted by Gasteiger charge is 2.22. The minimum atomic E-state index is -0.410. The number of nitrogens with zero attached hydrogens (tertiary/aromatic N) is 3. The number of benzene rings is 2. The molecule has 0 aromatic heterocycles. The summed E-state index contributed by atoms with van der Waals surface area (Å²) in [6.45, 7) is 7.89. The molecule has 1 unspecified atom stereocenters. The number of aldehydes is 1. The molecule has 0 aliphatic carbocycles. The van der Waals surface area contributed by atoms with E-state index in [0.717, 1.165) is 50.2 Å². The van der Waals surface area contributed by atoms with E-state index in [2.05, 4.69) is 94.5 Å². The highest BCUT2D eigenvalue weighted by molar-refractivity contribution is 6.10. The van der Waals surface area contributed by atoms with Crippen LogP contribution in [0.1, 0.15) is 43.4 Å². The summed E-state index contributed by atoms with van der Waals surface area (Å²) in [5, 5.41) is 3.21. The lowest BCUT2D eigenvalue weighted by Crippen LogP contribution is -2.46. The van der Waals surface area contributed by atoms with E-state index in [1.54, 1.807) is 0 Å². The number of aliphatic imine (C=N–C) groups is 1. The highest BCUT2D eigenvalue weighted by atomic mass is 16.2. The number of hydrogen-bond donors (Lipinski definition) is 2. The highest BCUT2D eigenvalue weighted by Crippen LogP contribution is 2.17. The van der Waals surface area contributed by atoms with Gasteiger partial charge in [0.15, 0.2) is 0 Å². The molecular formula is C30H43N5O2. The molecule has 1 heterocycles. The monoisotopic (exact) mass is 505 g/mol. The number of rotatable bonds is 10. The first-order valence-electron chi connectivity index (χ1n) is 13.0. The molecule has 7 nitrogen and oxygen atoms in total. The van der Waals surface area contributed by atoms with Gasteiger partial charge < -0.3 is 20.7 Å². The van der Waals surface area contributed by atoms with Gasteiger partial charge in [0, 0.05) is 45.0 Å². The first-order chi connectivity index (χ1) is 17.9. The predicted octanol–water partition coefficient (Wildman–Crippen LogP) is 3.54. The molecule has 3 rings (SSSR count). The molecule has 1 amide bonds. The summed E-state index contributed by atoms with van der Waals surface area (Å²) in [5.41, 5.74) is 9.42. The van der Waals surface area contributed by atoms with E-state index in [1.165, 1.54) is 11.1 Å². The summed E-state index contributed by atoms with van der Waals surface area (Å²) in [6.07, 6.45) is 6.49. The molecule has 1 fully saturated rings. The van der Waals surface area contributed by atoms with Gasteiger partial charge in [0.1, 0.15) is 12.3 Å². The predicted molar refractivity (Wildman–Crippen MR) is 153 cm³/mol. The van der Waals surface area contributed by atoms with Crippen molar-refractivity contribution in [2.75, 3.05) is 33.7 Å². The van der Waals surface area contributed by atoms with Crippen molar-refractivity contribution in [3.05, 3.63) is 77.4 Å². The second kappa shape index (κ2) is 16.6. The van der Waals surface area contributed by atoms with Crippen LogP contribution in [0.2, 0.25) is 0 Å². The molecular weight excluding hydrogens is 462 g/mol. The number of nitrogens with one attached hydrogen (secondary N) is 1. The van der Waals surface area contributed by atoms with Gasteiger partial charge >= 0.3 is 0 Å². The Morgan fingerprint density at radius 3 is 2.38 bits per heavy atom. The van der Waals surface area contributed by atoms with Crippen molar-refractivity contribution in [1.29, 1.82) is 0 Å². The maximum atomic E-state index is 12.7. The summed E-state index contributed by atoms with van der Waals surface area (Å²) in [5.74, 6) is 0.00423. The van der Waals surface area contributed by atoms with Crippen molar-refractivity contribution in [3.63, 3.8) is 0 Å². The van der Waals surface area contributed by atoms with E-state index < -0.39 is 6.04 Å². The Kier molecular flexibility index (Phi) is 13.5. The van der Waals surface area contributed by atoms with Gasteiger partial charge in [-0.05, 0) is 69.1 Å². The Morgan fingerprint density at radius 2 is 1.78 bits per heavy atom. The van der Waals surface area contributed by atoms with Crippen molar-refractivity contribution in [1.82, 2.24) is 15.1 Å². The van der Waals surface area contributed by atoms with Gasteiger partial charge in [-0.1, -0.05) is 54.6 Å². The lowest BCUT2D eigenvalue weighted by molar-refractivity contribution is -0.123. The van der Waals surface area contributed by atoms with Gasteiger partial charge in [0.2, 0.25) is 5.91 Å². The van der Waals surface area contributed by atoms with Crippen LogP contribution in [-0.4, -0.2) is 74.0 Å². The second-order valence-corrected chi connectivity index (χ2v) is 9.58. The molecule has 2 aromatic rings. The van der Waals surface area contributed by atoms with E-state index in [4.69, 9.17) is 4.79 Å². The summed E-state index contributed by atoms with van der Waals surface area (Å²) in [7, 11) is 4.14. The SMILES string of the molecule is C/C=C(\C=NC(C)C(=O)NC1CCN(Cc2ccccc2)CC1)c1cccc(CN(C)C)c1.NCC=O. The van der Waals surface area contributed by atoms with Crippen LogP contribution in [0.3, 0.4) is 0 Å². The minimum Gasteiger partial charge on any atom is -0.351 e. The van der Waals surface area contributed by atoms with Crippen molar-refractivity contribution in [2.45, 2.75) is 51.9 Å². The molecule has 3 N–H and O–H groups in total. The van der Waals surface area contributed by atoms with Crippen LogP contribution in [0, 0.1) is 0 Å². The Balaban J connectivity index is 0.00000112. The molecule has 0 spiro atoms. The summed E-state index contributed by atoms with van der Waals surface area (Å²) >= 11 is 0. The van der Waals surface area contributed by atoms with Gasteiger partial charge in [-0.2, -0.15) is 0 Å². The van der Waals surface area contributed by atoms with Crippen LogP contribution in [0.4, 0.5) is 0 Å². The summed E-state index contributed by atoms with van der Waals surface area (Å²) in [6, 6.07) is 18.9. The maximum absolute atomic E-state index is 12.7. The molecule has 1 atom stereocenters. The van der Waals surface area contributed by atoms with Crippen molar-refractivity contribution in [2.24, 2.45) is 10.7 Å². The molecule has 200 valence electrons. The zero-order chi connectivity index (χ0) is 27.0. The van der Waals surface area contributed by atoms with Crippen molar-refractivity contribution in [3.8, 4) is 0 Å². The third-order valence-electron chi connectivity index (χ3n) is 6.17. The fourth-order valence-electron chi connectivity index (χ4n) is 4.19. The molecule has 0 bridgehead atoms. The topological polar surface area (TPSA) is 91.0 Å². The second-order valence-electron chi connectivity index (χ2n) is 9.58. The standard InChI is InChI=1S/C28H38N4O.C2H5NO/c1-5-25(26-13-9-12-24(18-26)20-31(3)4)19-29-22(2)28(33)30-27-14-16-32(17-15-27)21-23-10-7-6-8-11-23;3-1-2-4/h5-13,18-19,22,27H,14-17,20-21H2,1-4H3,(H,30,33);2H,1,3H2/b25-5+,29-19?;. The van der Waals surface area contributed by atoms with E-state index in [9.17, 15) is 4.79 Å². The molecule has 0 radical (unpaired) electrons. The van der Waals surface area contributed by atoms with Crippen molar-refractivity contribution >= 4 is 24.0 Å². The lowest BCUT2D eigenvalue weighted by atomic mass is 10.0. The summed E-state index contributed by atoms with van der Waals surface area (Å²) < 4.78 is 0. The Morgan fingerprint density at radius 1 is 1.14 bits per heavy atom. The first-order valence-corrected chi connectivity index (χ1v) is 13.0. The minimum absolute atomic E-state index is 0.00423. The smallest absolute Gasteiger partial charge is 0.244 e.